The maximum atomic E-state index is 14.2. The number of thiocarbonyl (C=S) groups is 1. The molecule has 2 aliphatic heterocycles. The Labute approximate surface area is 166 Å². The molecule has 2 fully saturated rings. The zero-order valence-corrected chi connectivity index (χ0v) is 15.8. The maximum absolute atomic E-state index is 14.2. The fraction of sp³-hybridized carbons (Fsp3) is 0.250. The van der Waals surface area contributed by atoms with Gasteiger partial charge in [0.25, 0.3) is 11.8 Å². The summed E-state index contributed by atoms with van der Waals surface area (Å²) < 4.78 is 20.0. The average Bonchev–Trinajstić information content (AvgIpc) is 3.16. The molecule has 6 nitrogen and oxygen atoms in total. The molecule has 1 aromatic heterocycles. The number of furan rings is 1. The summed E-state index contributed by atoms with van der Waals surface area (Å²) in [6, 6.07) is 9.28. The summed E-state index contributed by atoms with van der Waals surface area (Å²) in [5.74, 6) is -0.871. The Morgan fingerprint density at radius 2 is 1.82 bits per heavy atom. The van der Waals surface area contributed by atoms with Gasteiger partial charge in [0.2, 0.25) is 0 Å². The van der Waals surface area contributed by atoms with E-state index in [0.29, 0.717) is 11.6 Å². The van der Waals surface area contributed by atoms with Crippen molar-refractivity contribution in [2.75, 3.05) is 22.9 Å². The number of nitrogens with zero attached hydrogens (tertiary/aromatic N) is 2. The van der Waals surface area contributed by atoms with Gasteiger partial charge in [-0.15, -0.1) is 0 Å². The monoisotopic (exact) mass is 399 g/mol. The number of carbonyl (C=O) groups excluding carboxylic acids is 2. The predicted molar refractivity (Wildman–Crippen MR) is 107 cm³/mol. The molecule has 1 N–H and O–H groups in total. The van der Waals surface area contributed by atoms with Crippen molar-refractivity contribution in [1.82, 2.24) is 5.32 Å². The molecule has 2 saturated heterocycles. The van der Waals surface area contributed by atoms with Crippen LogP contribution in [0.2, 0.25) is 0 Å². The standard InChI is InChI=1S/C20H18FN3O3S/c21-15-6-2-3-7-16(15)24-19(26)14(18(25)22-20(24)28)12-13-8-9-17(27-13)23-10-4-1-5-11-23/h2-3,6-9,12H,1,4-5,10-11H2,(H,22,25,28)/b14-12+. The van der Waals surface area contributed by atoms with Crippen molar-refractivity contribution in [3.8, 4) is 0 Å². The van der Waals surface area contributed by atoms with E-state index in [-0.39, 0.29) is 16.4 Å². The molecule has 144 valence electrons. The molecule has 4 rings (SSSR count). The zero-order valence-electron chi connectivity index (χ0n) is 15.0. The highest BCUT2D eigenvalue weighted by Crippen LogP contribution is 2.27. The van der Waals surface area contributed by atoms with E-state index in [0.717, 1.165) is 30.8 Å². The summed E-state index contributed by atoms with van der Waals surface area (Å²) in [7, 11) is 0. The number of hydrogen-bond acceptors (Lipinski definition) is 5. The Morgan fingerprint density at radius 3 is 2.57 bits per heavy atom. The number of hydrogen-bond donors (Lipinski definition) is 1. The van der Waals surface area contributed by atoms with E-state index in [1.807, 2.05) is 6.07 Å². The number of rotatable bonds is 3. The van der Waals surface area contributed by atoms with E-state index in [9.17, 15) is 14.0 Å². The number of piperidine rings is 1. The molecule has 0 atom stereocenters. The molecule has 0 saturated carbocycles. The van der Waals surface area contributed by atoms with Gasteiger partial charge in [0.15, 0.2) is 11.0 Å². The minimum absolute atomic E-state index is 0.0168. The first-order chi connectivity index (χ1) is 13.5. The van der Waals surface area contributed by atoms with Crippen LogP contribution < -0.4 is 15.1 Å². The van der Waals surface area contributed by atoms with Crippen LogP contribution in [-0.2, 0) is 9.59 Å². The summed E-state index contributed by atoms with van der Waals surface area (Å²) >= 11 is 5.08. The Morgan fingerprint density at radius 1 is 1.07 bits per heavy atom. The number of carbonyl (C=O) groups is 2. The van der Waals surface area contributed by atoms with Gasteiger partial charge in [-0.05, 0) is 55.8 Å². The fourth-order valence-electron chi connectivity index (χ4n) is 3.36. The first-order valence-electron chi connectivity index (χ1n) is 9.05. The molecule has 0 radical (unpaired) electrons. The number of para-hydroxylation sites is 1. The lowest BCUT2D eigenvalue weighted by Crippen LogP contribution is -2.54. The predicted octanol–water partition coefficient (Wildman–Crippen LogP) is 3.24. The minimum Gasteiger partial charge on any atom is -0.441 e. The van der Waals surface area contributed by atoms with E-state index in [4.69, 9.17) is 16.6 Å². The largest absolute Gasteiger partial charge is 0.441 e. The van der Waals surface area contributed by atoms with Crippen molar-refractivity contribution >= 4 is 46.8 Å². The Kier molecular flexibility index (Phi) is 4.95. The van der Waals surface area contributed by atoms with E-state index in [2.05, 4.69) is 10.2 Å². The van der Waals surface area contributed by atoms with Crippen LogP contribution in [0.3, 0.4) is 0 Å². The number of benzene rings is 1. The van der Waals surface area contributed by atoms with Crippen molar-refractivity contribution in [1.29, 1.82) is 0 Å². The zero-order chi connectivity index (χ0) is 19.7. The summed E-state index contributed by atoms with van der Waals surface area (Å²) in [6.07, 6.45) is 4.77. The third kappa shape index (κ3) is 3.43. The van der Waals surface area contributed by atoms with Crippen LogP contribution in [0.1, 0.15) is 25.0 Å². The van der Waals surface area contributed by atoms with Crippen LogP contribution in [-0.4, -0.2) is 30.0 Å². The molecule has 0 bridgehead atoms. The molecule has 2 aliphatic rings. The van der Waals surface area contributed by atoms with Gasteiger partial charge in [-0.25, -0.2) is 9.29 Å². The van der Waals surface area contributed by atoms with Gasteiger partial charge in [-0.2, -0.15) is 0 Å². The molecular formula is C20H18FN3O3S. The minimum atomic E-state index is -0.699. The highest BCUT2D eigenvalue weighted by atomic mass is 32.1. The molecule has 28 heavy (non-hydrogen) atoms. The van der Waals surface area contributed by atoms with E-state index >= 15 is 0 Å². The van der Waals surface area contributed by atoms with Gasteiger partial charge in [0, 0.05) is 19.2 Å². The smallest absolute Gasteiger partial charge is 0.270 e. The van der Waals surface area contributed by atoms with Crippen LogP contribution in [0.5, 0.6) is 0 Å². The maximum Gasteiger partial charge on any atom is 0.270 e. The molecule has 1 aromatic carbocycles. The lowest BCUT2D eigenvalue weighted by molar-refractivity contribution is -0.122. The number of amides is 2. The van der Waals surface area contributed by atoms with Crippen LogP contribution in [0.25, 0.3) is 6.08 Å². The van der Waals surface area contributed by atoms with Crippen molar-refractivity contribution in [3.05, 3.63) is 53.5 Å². The number of halogens is 1. The highest BCUT2D eigenvalue weighted by Gasteiger charge is 2.36. The van der Waals surface area contributed by atoms with Gasteiger partial charge in [-0.1, -0.05) is 12.1 Å². The first kappa shape index (κ1) is 18.4. The van der Waals surface area contributed by atoms with Crippen LogP contribution >= 0.6 is 12.2 Å². The van der Waals surface area contributed by atoms with E-state index in [1.165, 1.54) is 30.7 Å². The second-order valence-corrected chi connectivity index (χ2v) is 7.02. The van der Waals surface area contributed by atoms with Gasteiger partial charge in [0.1, 0.15) is 17.2 Å². The second kappa shape index (κ2) is 7.55. The van der Waals surface area contributed by atoms with Gasteiger partial charge in [-0.3, -0.25) is 14.9 Å². The van der Waals surface area contributed by atoms with Crippen LogP contribution in [0, 0.1) is 5.82 Å². The molecule has 0 spiro atoms. The van der Waals surface area contributed by atoms with Crippen LogP contribution in [0.4, 0.5) is 16.0 Å². The van der Waals surface area contributed by atoms with Crippen molar-refractivity contribution in [2.24, 2.45) is 0 Å². The summed E-state index contributed by atoms with van der Waals surface area (Å²) in [4.78, 5) is 28.3. The molecule has 0 unspecified atom stereocenters. The lowest BCUT2D eigenvalue weighted by Gasteiger charge is -2.29. The molecule has 2 aromatic rings. The third-order valence-electron chi connectivity index (χ3n) is 4.76. The van der Waals surface area contributed by atoms with Gasteiger partial charge in [0.05, 0.1) is 5.69 Å². The van der Waals surface area contributed by atoms with Gasteiger partial charge >= 0.3 is 0 Å². The van der Waals surface area contributed by atoms with Crippen molar-refractivity contribution < 1.29 is 18.4 Å². The molecular weight excluding hydrogens is 381 g/mol. The molecule has 0 aliphatic carbocycles. The molecule has 3 heterocycles. The van der Waals surface area contributed by atoms with Crippen molar-refractivity contribution in [3.63, 3.8) is 0 Å². The topological polar surface area (TPSA) is 65.8 Å². The van der Waals surface area contributed by atoms with E-state index in [1.54, 1.807) is 12.1 Å². The molecule has 8 heteroatoms. The normalized spacial score (nSPS) is 19.3. The summed E-state index contributed by atoms with van der Waals surface area (Å²) in [5.41, 5.74) is -0.187. The third-order valence-corrected chi connectivity index (χ3v) is 5.05. The Balaban J connectivity index is 1.64. The number of nitrogens with one attached hydrogen (secondary N) is 1. The number of anilines is 2. The van der Waals surface area contributed by atoms with Crippen LogP contribution in [0.15, 0.2) is 46.4 Å². The van der Waals surface area contributed by atoms with Gasteiger partial charge < -0.3 is 9.32 Å². The van der Waals surface area contributed by atoms with Crippen molar-refractivity contribution in [2.45, 2.75) is 19.3 Å². The quantitative estimate of drug-likeness (QED) is 0.488. The molecule has 2 amide bonds. The Hall–Kier alpha value is -3.00. The fourth-order valence-corrected chi connectivity index (χ4v) is 3.63. The average molecular weight is 399 g/mol. The highest BCUT2D eigenvalue weighted by molar-refractivity contribution is 7.80. The SMILES string of the molecule is O=C1NC(=S)N(c2ccccc2F)C(=O)/C1=C/c1ccc(N2CCCCC2)o1. The van der Waals surface area contributed by atoms with E-state index < -0.39 is 17.6 Å². The second-order valence-electron chi connectivity index (χ2n) is 6.63. The lowest BCUT2D eigenvalue weighted by atomic mass is 10.1. The summed E-state index contributed by atoms with van der Waals surface area (Å²) in [6.45, 7) is 1.83. The summed E-state index contributed by atoms with van der Waals surface area (Å²) in [5, 5.41) is 2.28. The first-order valence-corrected chi connectivity index (χ1v) is 9.46. The Bertz CT molecular complexity index is 979.